The summed E-state index contributed by atoms with van der Waals surface area (Å²) >= 11 is 2.17. The van der Waals surface area contributed by atoms with Crippen LogP contribution in [-0.4, -0.2) is 26.4 Å². The Kier molecular flexibility index (Phi) is 4.15. The Morgan fingerprint density at radius 2 is 2.04 bits per heavy atom. The number of aryl methyl sites for hydroxylation is 2. The topological polar surface area (TPSA) is 70.2 Å². The minimum Gasteiger partial charge on any atom is -0.443 e. The van der Waals surface area contributed by atoms with E-state index in [1.807, 2.05) is 40.7 Å². The van der Waals surface area contributed by atoms with Crippen LogP contribution in [0, 0.1) is 17.4 Å². The summed E-state index contributed by atoms with van der Waals surface area (Å²) in [7, 11) is 0. The molecule has 3 aromatic heterocycles. The average Bonchev–Trinajstić information content (AvgIpc) is 2.97. The van der Waals surface area contributed by atoms with E-state index in [2.05, 4.69) is 32.7 Å². The number of aromatic nitrogens is 3. The molecule has 0 aliphatic heterocycles. The molecule has 3 aromatic rings. The van der Waals surface area contributed by atoms with Crippen molar-refractivity contribution in [3.8, 4) is 11.1 Å². The minimum absolute atomic E-state index is 0.423. The highest BCUT2D eigenvalue weighted by Crippen LogP contribution is 2.30. The second-order valence-electron chi connectivity index (χ2n) is 6.62. The van der Waals surface area contributed by atoms with Crippen molar-refractivity contribution in [2.75, 3.05) is 0 Å². The van der Waals surface area contributed by atoms with Crippen molar-refractivity contribution in [3.63, 3.8) is 0 Å². The lowest BCUT2D eigenvalue weighted by molar-refractivity contribution is 0.0544. The predicted octanol–water partition coefficient (Wildman–Crippen LogP) is 4.70. The molecule has 126 valence electrons. The van der Waals surface area contributed by atoms with Crippen molar-refractivity contribution in [2.24, 2.45) is 0 Å². The van der Waals surface area contributed by atoms with Gasteiger partial charge >= 0.3 is 6.09 Å². The molecule has 3 rings (SSSR count). The Hall–Kier alpha value is -1.90. The zero-order valence-corrected chi connectivity index (χ0v) is 16.3. The third kappa shape index (κ3) is 3.04. The Morgan fingerprint density at radius 3 is 2.62 bits per heavy atom. The van der Waals surface area contributed by atoms with E-state index < -0.39 is 11.7 Å². The lowest BCUT2D eigenvalue weighted by Crippen LogP contribution is -2.26. The fraction of sp³-hybridized carbons (Fsp3) is 0.353. The lowest BCUT2D eigenvalue weighted by Gasteiger charge is -2.19. The number of hydrogen-bond acceptors (Lipinski definition) is 5. The number of carbonyl (C=O) groups excluding carboxylic acids is 1. The molecule has 3 heterocycles. The highest BCUT2D eigenvalue weighted by Gasteiger charge is 2.22. The van der Waals surface area contributed by atoms with Gasteiger partial charge in [0.2, 0.25) is 0 Å². The molecule has 7 heteroatoms. The van der Waals surface area contributed by atoms with Crippen molar-refractivity contribution in [1.82, 2.24) is 14.7 Å². The minimum atomic E-state index is -0.564. The molecule has 24 heavy (non-hydrogen) atoms. The van der Waals surface area contributed by atoms with Crippen LogP contribution in [0.1, 0.15) is 32.2 Å². The van der Waals surface area contributed by atoms with Gasteiger partial charge in [-0.2, -0.15) is 0 Å². The van der Waals surface area contributed by atoms with Gasteiger partial charge in [0.05, 0.1) is 14.8 Å². The second-order valence-corrected chi connectivity index (χ2v) is 7.78. The Balaban J connectivity index is 2.15. The maximum atomic E-state index is 12.5. The third-order valence-corrected chi connectivity index (χ3v) is 4.30. The zero-order valence-electron chi connectivity index (χ0n) is 14.2. The van der Waals surface area contributed by atoms with Crippen LogP contribution < -0.4 is 0 Å². The van der Waals surface area contributed by atoms with Crippen LogP contribution in [0.5, 0.6) is 0 Å². The second kappa shape index (κ2) is 5.87. The van der Waals surface area contributed by atoms with Gasteiger partial charge in [-0.25, -0.2) is 9.36 Å². The number of nitrogens with zero attached hydrogens (tertiary/aromatic N) is 3. The van der Waals surface area contributed by atoms with Gasteiger partial charge in [-0.15, -0.1) is 0 Å². The van der Waals surface area contributed by atoms with Crippen LogP contribution in [0.4, 0.5) is 4.79 Å². The van der Waals surface area contributed by atoms with Gasteiger partial charge in [-0.1, -0.05) is 5.16 Å². The molecule has 0 unspecified atom stereocenters. The number of ether oxygens (including phenoxy) is 1. The zero-order chi connectivity index (χ0) is 17.6. The summed E-state index contributed by atoms with van der Waals surface area (Å²) in [5, 5.41) is 3.98. The molecule has 0 N–H and O–H groups in total. The Bertz CT molecular complexity index is 915. The molecule has 0 amide bonds. The summed E-state index contributed by atoms with van der Waals surface area (Å²) in [6, 6.07) is 1.92. The molecule has 0 atom stereocenters. The summed E-state index contributed by atoms with van der Waals surface area (Å²) in [4.78, 5) is 17.0. The number of carbonyl (C=O) groups is 1. The number of rotatable bonds is 1. The van der Waals surface area contributed by atoms with Gasteiger partial charge in [0.25, 0.3) is 0 Å². The molecule has 0 saturated heterocycles. The largest absolute Gasteiger partial charge is 0.443 e. The third-order valence-electron chi connectivity index (χ3n) is 3.51. The highest BCUT2D eigenvalue weighted by molar-refractivity contribution is 14.1. The van der Waals surface area contributed by atoms with E-state index in [1.54, 1.807) is 12.4 Å². The molecule has 0 bridgehead atoms. The van der Waals surface area contributed by atoms with E-state index >= 15 is 0 Å². The molecule has 6 nitrogen and oxygen atoms in total. The molecular formula is C17H18IN3O3. The van der Waals surface area contributed by atoms with Gasteiger partial charge in [-0.05, 0) is 63.3 Å². The van der Waals surface area contributed by atoms with Crippen molar-refractivity contribution >= 4 is 39.7 Å². The summed E-state index contributed by atoms with van der Waals surface area (Å²) in [6.07, 6.45) is 3.09. The summed E-state index contributed by atoms with van der Waals surface area (Å²) in [5.41, 5.74) is 3.45. The fourth-order valence-corrected chi connectivity index (χ4v) is 3.25. The van der Waals surface area contributed by atoms with Crippen LogP contribution in [0.25, 0.3) is 22.2 Å². The monoisotopic (exact) mass is 439 g/mol. The normalized spacial score (nSPS) is 11.9. The SMILES string of the molecule is Cc1noc(C)c1-c1cnc2c(I)cn(C(=O)OC(C)(C)C)c2c1. The van der Waals surface area contributed by atoms with Crippen LogP contribution >= 0.6 is 22.6 Å². The van der Waals surface area contributed by atoms with Crippen molar-refractivity contribution in [1.29, 1.82) is 0 Å². The quantitative estimate of drug-likeness (QED) is 0.515. The van der Waals surface area contributed by atoms with E-state index in [-0.39, 0.29) is 0 Å². The van der Waals surface area contributed by atoms with Crippen molar-refractivity contribution in [3.05, 3.63) is 33.5 Å². The highest BCUT2D eigenvalue weighted by atomic mass is 127. The first kappa shape index (κ1) is 16.9. The number of hydrogen-bond donors (Lipinski definition) is 0. The molecule has 0 radical (unpaired) electrons. The molecule has 0 aliphatic rings. The average molecular weight is 439 g/mol. The van der Waals surface area contributed by atoms with Crippen LogP contribution in [0.15, 0.2) is 23.0 Å². The maximum Gasteiger partial charge on any atom is 0.419 e. The lowest BCUT2D eigenvalue weighted by atomic mass is 10.1. The van der Waals surface area contributed by atoms with E-state index in [9.17, 15) is 4.79 Å². The van der Waals surface area contributed by atoms with Crippen LogP contribution in [0.2, 0.25) is 0 Å². The summed E-state index contributed by atoms with van der Waals surface area (Å²) in [6.45, 7) is 9.27. The molecule has 0 aromatic carbocycles. The Labute approximate surface area is 153 Å². The first-order chi connectivity index (χ1) is 11.2. The van der Waals surface area contributed by atoms with Gasteiger partial charge in [0, 0.05) is 23.5 Å². The van der Waals surface area contributed by atoms with E-state index in [0.717, 1.165) is 31.7 Å². The van der Waals surface area contributed by atoms with E-state index in [4.69, 9.17) is 9.26 Å². The number of fused-ring (bicyclic) bond motifs is 1. The summed E-state index contributed by atoms with van der Waals surface area (Å²) in [5.74, 6) is 0.721. The van der Waals surface area contributed by atoms with E-state index in [1.165, 1.54) is 4.57 Å². The van der Waals surface area contributed by atoms with Crippen LogP contribution in [0.3, 0.4) is 0 Å². The van der Waals surface area contributed by atoms with Gasteiger partial charge < -0.3 is 9.26 Å². The Morgan fingerprint density at radius 1 is 1.33 bits per heavy atom. The summed E-state index contributed by atoms with van der Waals surface area (Å²) < 4.78 is 13.1. The van der Waals surface area contributed by atoms with Gasteiger partial charge in [0.1, 0.15) is 16.9 Å². The fourth-order valence-electron chi connectivity index (χ4n) is 2.56. The molecule has 0 saturated carbocycles. The van der Waals surface area contributed by atoms with Crippen molar-refractivity contribution in [2.45, 2.75) is 40.2 Å². The standard InChI is InChI=1S/C17H18IN3O3/c1-9-14(10(2)24-20-9)11-6-13-15(19-7-11)12(18)8-21(13)16(22)23-17(3,4)5/h6-8H,1-5H3. The number of pyridine rings is 1. The smallest absolute Gasteiger partial charge is 0.419 e. The number of halogens is 1. The molecule has 0 fully saturated rings. The van der Waals surface area contributed by atoms with Crippen LogP contribution in [-0.2, 0) is 4.74 Å². The van der Waals surface area contributed by atoms with Gasteiger partial charge in [-0.3, -0.25) is 4.98 Å². The molecular weight excluding hydrogens is 421 g/mol. The maximum absolute atomic E-state index is 12.5. The molecule has 0 aliphatic carbocycles. The predicted molar refractivity (Wildman–Crippen MR) is 99.1 cm³/mol. The first-order valence-corrected chi connectivity index (χ1v) is 8.58. The van der Waals surface area contributed by atoms with Crippen molar-refractivity contribution < 1.29 is 14.1 Å². The van der Waals surface area contributed by atoms with E-state index in [0.29, 0.717) is 5.52 Å². The van der Waals surface area contributed by atoms with Gasteiger partial charge in [0.15, 0.2) is 0 Å². The molecule has 0 spiro atoms. The first-order valence-electron chi connectivity index (χ1n) is 7.50.